The van der Waals surface area contributed by atoms with E-state index >= 15 is 0 Å². The quantitative estimate of drug-likeness (QED) is 0.433. The number of carbonyl (C=O) groups excluding carboxylic acids is 1. The highest BCUT2D eigenvalue weighted by Gasteiger charge is 2.33. The van der Waals surface area contributed by atoms with Gasteiger partial charge in [-0.05, 0) is 80.0 Å². The maximum Gasteiger partial charge on any atom is 0.225 e. The van der Waals surface area contributed by atoms with Gasteiger partial charge in [-0.1, -0.05) is 44.0 Å². The maximum absolute atomic E-state index is 12.3. The molecule has 5 nitrogen and oxygen atoms in total. The molecule has 1 saturated heterocycles. The Morgan fingerprint density at radius 3 is 2.67 bits per heavy atom. The van der Waals surface area contributed by atoms with Crippen molar-refractivity contribution in [3.63, 3.8) is 0 Å². The Balaban J connectivity index is 1.34. The van der Waals surface area contributed by atoms with E-state index in [1.165, 1.54) is 27.8 Å². The minimum Gasteiger partial charge on any atom is -0.496 e. The standard InChI is InChI=1S/C31H42N2O3/c1-6-8-23-9-10-26(30(15-23)35-5)20-36-28-13-14-29-22(4)25(12-11-24(29)16-28)17-33-18-27(19-33)31(34)32-21(3)7-2/h9-10,13-16,21,27H,6-8,11-12,17-20H2,1-5H3,(H,32,34)/t21-/m1/s1. The summed E-state index contributed by atoms with van der Waals surface area (Å²) in [5, 5.41) is 3.12. The molecule has 1 fully saturated rings. The highest BCUT2D eigenvalue weighted by molar-refractivity contribution is 5.80. The van der Waals surface area contributed by atoms with E-state index < -0.39 is 0 Å². The molecule has 2 aromatic rings. The highest BCUT2D eigenvalue weighted by Crippen LogP contribution is 2.35. The summed E-state index contributed by atoms with van der Waals surface area (Å²) in [6, 6.07) is 13.2. The van der Waals surface area contributed by atoms with Crippen molar-refractivity contribution >= 4 is 11.5 Å². The van der Waals surface area contributed by atoms with Gasteiger partial charge in [0, 0.05) is 31.2 Å². The lowest BCUT2D eigenvalue weighted by molar-refractivity contribution is -0.130. The van der Waals surface area contributed by atoms with Gasteiger partial charge >= 0.3 is 0 Å². The summed E-state index contributed by atoms with van der Waals surface area (Å²) in [6.45, 7) is 11.8. The molecule has 0 unspecified atom stereocenters. The number of aryl methyl sites for hydroxylation is 2. The Morgan fingerprint density at radius 2 is 1.94 bits per heavy atom. The zero-order valence-corrected chi connectivity index (χ0v) is 22.7. The average Bonchev–Trinajstić information content (AvgIpc) is 2.86. The molecule has 0 bridgehead atoms. The number of nitrogens with zero attached hydrogens (tertiary/aromatic N) is 1. The first kappa shape index (κ1) is 26.3. The summed E-state index contributed by atoms with van der Waals surface area (Å²) in [5.41, 5.74) is 7.93. The number of ether oxygens (including phenoxy) is 2. The van der Waals surface area contributed by atoms with Crippen LogP contribution in [0.5, 0.6) is 11.5 Å². The summed E-state index contributed by atoms with van der Waals surface area (Å²) in [5.74, 6) is 2.15. The Morgan fingerprint density at radius 1 is 1.14 bits per heavy atom. The van der Waals surface area contributed by atoms with Crippen molar-refractivity contribution in [2.75, 3.05) is 26.7 Å². The van der Waals surface area contributed by atoms with Gasteiger partial charge in [-0.3, -0.25) is 9.69 Å². The van der Waals surface area contributed by atoms with Crippen LogP contribution >= 0.6 is 0 Å². The van der Waals surface area contributed by atoms with Crippen molar-refractivity contribution in [3.05, 3.63) is 64.2 Å². The number of nitrogens with one attached hydrogen (secondary N) is 1. The molecular weight excluding hydrogens is 448 g/mol. The van der Waals surface area contributed by atoms with Crippen LogP contribution in [0, 0.1) is 5.92 Å². The molecule has 0 spiro atoms. The van der Waals surface area contributed by atoms with Crippen LogP contribution in [0.2, 0.25) is 0 Å². The molecule has 0 aromatic heterocycles. The summed E-state index contributed by atoms with van der Waals surface area (Å²) in [7, 11) is 1.72. The van der Waals surface area contributed by atoms with Crippen molar-refractivity contribution in [1.82, 2.24) is 10.2 Å². The van der Waals surface area contributed by atoms with Gasteiger partial charge in [0.15, 0.2) is 0 Å². The predicted molar refractivity (Wildman–Crippen MR) is 147 cm³/mol. The van der Waals surface area contributed by atoms with Gasteiger partial charge in [0.25, 0.3) is 0 Å². The molecule has 1 N–H and O–H groups in total. The highest BCUT2D eigenvalue weighted by atomic mass is 16.5. The van der Waals surface area contributed by atoms with E-state index in [4.69, 9.17) is 9.47 Å². The number of methoxy groups -OCH3 is 1. The van der Waals surface area contributed by atoms with Gasteiger partial charge in [-0.25, -0.2) is 0 Å². The van der Waals surface area contributed by atoms with E-state index in [0.29, 0.717) is 6.61 Å². The first-order chi connectivity index (χ1) is 17.4. The second-order valence-electron chi connectivity index (χ2n) is 10.4. The molecule has 1 aliphatic carbocycles. The number of likely N-dealkylation sites (tertiary alicyclic amines) is 1. The second-order valence-corrected chi connectivity index (χ2v) is 10.4. The second kappa shape index (κ2) is 12.0. The lowest BCUT2D eigenvalue weighted by Gasteiger charge is -2.40. The van der Waals surface area contributed by atoms with E-state index in [1.807, 2.05) is 0 Å². The van der Waals surface area contributed by atoms with Crippen molar-refractivity contribution in [3.8, 4) is 11.5 Å². The van der Waals surface area contributed by atoms with Crippen LogP contribution in [-0.2, 0) is 24.2 Å². The van der Waals surface area contributed by atoms with Crippen LogP contribution in [0.15, 0.2) is 42.0 Å². The number of rotatable bonds is 11. The van der Waals surface area contributed by atoms with Crippen LogP contribution < -0.4 is 14.8 Å². The van der Waals surface area contributed by atoms with Crippen molar-refractivity contribution in [1.29, 1.82) is 0 Å². The minimum atomic E-state index is 0.136. The lowest BCUT2D eigenvalue weighted by atomic mass is 9.85. The zero-order valence-electron chi connectivity index (χ0n) is 22.7. The molecular formula is C31H42N2O3. The molecule has 194 valence electrons. The van der Waals surface area contributed by atoms with Gasteiger partial charge in [0.1, 0.15) is 18.1 Å². The molecule has 4 rings (SSSR count). The molecule has 0 saturated carbocycles. The number of carbonyl (C=O) groups is 1. The SMILES string of the molecule is CCCc1ccc(COc2ccc3c(c2)CCC(CN2CC(C(=O)N[C@H](C)CC)C2)=C3C)c(OC)c1. The predicted octanol–water partition coefficient (Wildman–Crippen LogP) is 5.79. The Labute approximate surface area is 216 Å². The molecule has 1 heterocycles. The van der Waals surface area contributed by atoms with Gasteiger partial charge in [0.2, 0.25) is 5.91 Å². The third kappa shape index (κ3) is 6.12. The van der Waals surface area contributed by atoms with Gasteiger partial charge < -0.3 is 14.8 Å². The maximum atomic E-state index is 12.3. The van der Waals surface area contributed by atoms with Crippen LogP contribution in [0.3, 0.4) is 0 Å². The Bertz CT molecular complexity index is 1100. The fraction of sp³-hybridized carbons (Fsp3) is 0.516. The number of benzene rings is 2. The third-order valence-electron chi connectivity index (χ3n) is 7.74. The molecule has 0 radical (unpaired) electrons. The van der Waals surface area contributed by atoms with E-state index in [9.17, 15) is 4.79 Å². The summed E-state index contributed by atoms with van der Waals surface area (Å²) >= 11 is 0. The van der Waals surface area contributed by atoms with Gasteiger partial charge in [0.05, 0.1) is 13.0 Å². The van der Waals surface area contributed by atoms with Crippen LogP contribution in [0.4, 0.5) is 0 Å². The summed E-state index contributed by atoms with van der Waals surface area (Å²) in [6.07, 6.45) is 5.25. The Kier molecular flexibility index (Phi) is 8.73. The van der Waals surface area contributed by atoms with Crippen molar-refractivity contribution in [2.45, 2.75) is 72.4 Å². The number of allylic oxidation sites excluding steroid dienone is 1. The zero-order chi connectivity index (χ0) is 25.7. The first-order valence-electron chi connectivity index (χ1n) is 13.5. The Hall–Kier alpha value is -2.79. The first-order valence-corrected chi connectivity index (χ1v) is 13.5. The van der Waals surface area contributed by atoms with E-state index in [1.54, 1.807) is 7.11 Å². The number of hydrogen-bond donors (Lipinski definition) is 1. The van der Waals surface area contributed by atoms with E-state index in [0.717, 1.165) is 68.8 Å². The van der Waals surface area contributed by atoms with Crippen LogP contribution in [0.25, 0.3) is 5.57 Å². The number of amides is 1. The van der Waals surface area contributed by atoms with Crippen LogP contribution in [0.1, 0.15) is 69.2 Å². The smallest absolute Gasteiger partial charge is 0.225 e. The monoisotopic (exact) mass is 490 g/mol. The molecule has 1 atom stereocenters. The van der Waals surface area contributed by atoms with Crippen molar-refractivity contribution in [2.24, 2.45) is 5.92 Å². The molecule has 1 amide bonds. The topological polar surface area (TPSA) is 50.8 Å². The van der Waals surface area contributed by atoms with Crippen molar-refractivity contribution < 1.29 is 14.3 Å². The molecule has 1 aliphatic heterocycles. The summed E-state index contributed by atoms with van der Waals surface area (Å²) in [4.78, 5) is 14.7. The van der Waals surface area contributed by atoms with Gasteiger partial charge in [-0.2, -0.15) is 0 Å². The fourth-order valence-electron chi connectivity index (χ4n) is 5.20. The average molecular weight is 491 g/mol. The fourth-order valence-corrected chi connectivity index (χ4v) is 5.20. The number of fused-ring (bicyclic) bond motifs is 1. The molecule has 36 heavy (non-hydrogen) atoms. The van der Waals surface area contributed by atoms with E-state index in [-0.39, 0.29) is 17.9 Å². The summed E-state index contributed by atoms with van der Waals surface area (Å²) < 4.78 is 11.8. The molecule has 5 heteroatoms. The minimum absolute atomic E-state index is 0.136. The third-order valence-corrected chi connectivity index (χ3v) is 7.74. The largest absolute Gasteiger partial charge is 0.496 e. The van der Waals surface area contributed by atoms with Gasteiger partial charge in [-0.15, -0.1) is 0 Å². The lowest BCUT2D eigenvalue weighted by Crippen LogP contribution is -2.55. The van der Waals surface area contributed by atoms with E-state index in [2.05, 4.69) is 74.3 Å². The normalized spacial score (nSPS) is 16.8. The van der Waals surface area contributed by atoms with Crippen LogP contribution in [-0.4, -0.2) is 43.6 Å². The molecule has 2 aromatic carbocycles. The number of hydrogen-bond acceptors (Lipinski definition) is 4. The molecule has 2 aliphatic rings.